The number of hydrogen-bond acceptors (Lipinski definition) is 8. The highest BCUT2D eigenvalue weighted by molar-refractivity contribution is 5.86. The standard InChI is InChI=1S/C18H34O8/c1-4-20-5-6-21-7-8-22-9-10-23-11-12-24-13-14-25-15-16-26-18(19)17(2)3/h2,4-16H2,1,3H3. The molecule has 0 heterocycles. The molecule has 0 aromatic rings. The highest BCUT2D eigenvalue weighted by Gasteiger charge is 2.01. The Balaban J connectivity index is 3.05. The van der Waals surface area contributed by atoms with Gasteiger partial charge in [0.2, 0.25) is 0 Å². The van der Waals surface area contributed by atoms with Gasteiger partial charge in [-0.15, -0.1) is 0 Å². The average molecular weight is 378 g/mol. The summed E-state index contributed by atoms with van der Waals surface area (Å²) in [5.41, 5.74) is 0.379. The van der Waals surface area contributed by atoms with E-state index in [1.165, 1.54) is 0 Å². The molecule has 0 saturated carbocycles. The summed E-state index contributed by atoms with van der Waals surface area (Å²) in [6.07, 6.45) is 0. The number of carbonyl (C=O) groups is 1. The molecule has 0 aliphatic heterocycles. The van der Waals surface area contributed by atoms with Crippen LogP contribution in [0.3, 0.4) is 0 Å². The quantitative estimate of drug-likeness (QED) is 0.178. The van der Waals surface area contributed by atoms with Gasteiger partial charge in [-0.25, -0.2) is 4.79 Å². The van der Waals surface area contributed by atoms with Crippen LogP contribution in [-0.2, 0) is 38.0 Å². The third kappa shape index (κ3) is 19.3. The van der Waals surface area contributed by atoms with E-state index in [4.69, 9.17) is 33.2 Å². The second-order valence-corrected chi connectivity index (χ2v) is 5.18. The molecule has 0 spiro atoms. The average Bonchev–Trinajstić information content (AvgIpc) is 2.63. The Kier molecular flexibility index (Phi) is 19.5. The lowest BCUT2D eigenvalue weighted by Gasteiger charge is -2.08. The van der Waals surface area contributed by atoms with Gasteiger partial charge in [0.1, 0.15) is 6.61 Å². The molecule has 0 atom stereocenters. The monoisotopic (exact) mass is 378 g/mol. The van der Waals surface area contributed by atoms with E-state index in [1.54, 1.807) is 6.92 Å². The van der Waals surface area contributed by atoms with Gasteiger partial charge in [0, 0.05) is 12.2 Å². The molecule has 0 aromatic carbocycles. The first-order chi connectivity index (χ1) is 12.7. The molecule has 0 aromatic heterocycles. The van der Waals surface area contributed by atoms with Crippen molar-refractivity contribution < 1.29 is 38.0 Å². The van der Waals surface area contributed by atoms with Crippen molar-refractivity contribution in [3.8, 4) is 0 Å². The Bertz CT molecular complexity index is 335. The van der Waals surface area contributed by atoms with Gasteiger partial charge in [-0.3, -0.25) is 0 Å². The first-order valence-electron chi connectivity index (χ1n) is 8.97. The molecule has 0 aliphatic carbocycles. The van der Waals surface area contributed by atoms with Crippen molar-refractivity contribution in [3.63, 3.8) is 0 Å². The lowest BCUT2D eigenvalue weighted by atomic mass is 10.4. The fraction of sp³-hybridized carbons (Fsp3) is 0.833. The lowest BCUT2D eigenvalue weighted by molar-refractivity contribution is -0.140. The molecule has 0 radical (unpaired) electrons. The van der Waals surface area contributed by atoms with Gasteiger partial charge in [-0.2, -0.15) is 0 Å². The van der Waals surface area contributed by atoms with Crippen LogP contribution in [0.25, 0.3) is 0 Å². The normalized spacial score (nSPS) is 10.8. The van der Waals surface area contributed by atoms with Gasteiger partial charge >= 0.3 is 5.97 Å². The lowest BCUT2D eigenvalue weighted by Crippen LogP contribution is -2.15. The van der Waals surface area contributed by atoms with Crippen molar-refractivity contribution in [2.24, 2.45) is 0 Å². The van der Waals surface area contributed by atoms with Crippen LogP contribution < -0.4 is 0 Å². The summed E-state index contributed by atoms with van der Waals surface area (Å²) in [7, 11) is 0. The van der Waals surface area contributed by atoms with E-state index in [1.807, 2.05) is 6.92 Å². The summed E-state index contributed by atoms with van der Waals surface area (Å²) in [5.74, 6) is -0.403. The predicted molar refractivity (Wildman–Crippen MR) is 96.4 cm³/mol. The van der Waals surface area contributed by atoms with E-state index in [-0.39, 0.29) is 6.61 Å². The maximum atomic E-state index is 11.1. The molecular formula is C18H34O8. The van der Waals surface area contributed by atoms with Crippen LogP contribution in [0.5, 0.6) is 0 Å². The zero-order valence-electron chi connectivity index (χ0n) is 16.2. The van der Waals surface area contributed by atoms with Gasteiger partial charge < -0.3 is 33.2 Å². The fourth-order valence-corrected chi connectivity index (χ4v) is 1.56. The Labute approximate surface area is 156 Å². The summed E-state index contributed by atoms with van der Waals surface area (Å²) >= 11 is 0. The van der Waals surface area contributed by atoms with E-state index < -0.39 is 5.97 Å². The SMILES string of the molecule is C=C(C)C(=O)OCCOCCOCCOCCOCCOCCOCC. The Morgan fingerprint density at radius 1 is 0.615 bits per heavy atom. The minimum Gasteiger partial charge on any atom is -0.460 e. The van der Waals surface area contributed by atoms with Crippen LogP contribution >= 0.6 is 0 Å². The van der Waals surface area contributed by atoms with Gasteiger partial charge in [0.15, 0.2) is 0 Å². The first-order valence-corrected chi connectivity index (χ1v) is 8.97. The molecule has 0 aliphatic rings. The number of rotatable bonds is 20. The van der Waals surface area contributed by atoms with Crippen molar-refractivity contribution in [2.75, 3.05) is 85.9 Å². The van der Waals surface area contributed by atoms with Crippen LogP contribution in [0.1, 0.15) is 13.8 Å². The summed E-state index contributed by atoms with van der Waals surface area (Å²) in [6, 6.07) is 0. The van der Waals surface area contributed by atoms with Crippen LogP contribution in [-0.4, -0.2) is 91.9 Å². The molecule has 0 N–H and O–H groups in total. The van der Waals surface area contributed by atoms with E-state index in [2.05, 4.69) is 6.58 Å². The second kappa shape index (κ2) is 20.3. The summed E-state index contributed by atoms with van der Waals surface area (Å²) in [5, 5.41) is 0. The first kappa shape index (κ1) is 25.0. The predicted octanol–water partition coefficient (Wildman–Crippen LogP) is 1.23. The van der Waals surface area contributed by atoms with Gasteiger partial charge in [0.25, 0.3) is 0 Å². The molecule has 0 unspecified atom stereocenters. The van der Waals surface area contributed by atoms with Crippen LogP contribution in [0.4, 0.5) is 0 Å². The number of esters is 1. The zero-order valence-corrected chi connectivity index (χ0v) is 16.2. The molecule has 26 heavy (non-hydrogen) atoms. The van der Waals surface area contributed by atoms with Crippen LogP contribution in [0.2, 0.25) is 0 Å². The van der Waals surface area contributed by atoms with E-state index in [9.17, 15) is 4.79 Å². The fourth-order valence-electron chi connectivity index (χ4n) is 1.56. The van der Waals surface area contributed by atoms with E-state index in [0.717, 1.165) is 0 Å². The molecule has 8 nitrogen and oxygen atoms in total. The van der Waals surface area contributed by atoms with Crippen molar-refractivity contribution in [1.82, 2.24) is 0 Å². The smallest absolute Gasteiger partial charge is 0.333 e. The minimum absolute atomic E-state index is 0.215. The van der Waals surface area contributed by atoms with Gasteiger partial charge in [-0.05, 0) is 13.8 Å². The van der Waals surface area contributed by atoms with E-state index >= 15 is 0 Å². The summed E-state index contributed by atoms with van der Waals surface area (Å²) in [6.45, 7) is 13.6. The molecule has 0 bridgehead atoms. The van der Waals surface area contributed by atoms with Crippen LogP contribution in [0, 0.1) is 0 Å². The van der Waals surface area contributed by atoms with E-state index in [0.29, 0.717) is 84.9 Å². The number of hydrogen-bond donors (Lipinski definition) is 0. The molecule has 0 amide bonds. The third-order valence-corrected chi connectivity index (χ3v) is 2.87. The van der Waals surface area contributed by atoms with Crippen LogP contribution in [0.15, 0.2) is 12.2 Å². The highest BCUT2D eigenvalue weighted by atomic mass is 16.6. The molecule has 154 valence electrons. The maximum absolute atomic E-state index is 11.1. The zero-order chi connectivity index (χ0) is 19.3. The molecule has 0 rings (SSSR count). The van der Waals surface area contributed by atoms with Crippen molar-refractivity contribution in [2.45, 2.75) is 13.8 Å². The molecular weight excluding hydrogens is 344 g/mol. The number of ether oxygens (including phenoxy) is 7. The largest absolute Gasteiger partial charge is 0.460 e. The Morgan fingerprint density at radius 3 is 1.23 bits per heavy atom. The van der Waals surface area contributed by atoms with Gasteiger partial charge in [-0.1, -0.05) is 6.58 Å². The third-order valence-electron chi connectivity index (χ3n) is 2.87. The maximum Gasteiger partial charge on any atom is 0.333 e. The van der Waals surface area contributed by atoms with Crippen molar-refractivity contribution in [3.05, 3.63) is 12.2 Å². The summed E-state index contributed by atoms with van der Waals surface area (Å²) in [4.78, 5) is 11.1. The molecule has 8 heteroatoms. The second-order valence-electron chi connectivity index (χ2n) is 5.18. The number of carbonyl (C=O) groups excluding carboxylic acids is 1. The Morgan fingerprint density at radius 2 is 0.923 bits per heavy atom. The molecule has 0 fully saturated rings. The topological polar surface area (TPSA) is 81.7 Å². The Hall–Kier alpha value is -1.03. The van der Waals surface area contributed by atoms with Crippen molar-refractivity contribution >= 4 is 5.97 Å². The molecule has 0 saturated heterocycles. The minimum atomic E-state index is -0.403. The van der Waals surface area contributed by atoms with Gasteiger partial charge in [0.05, 0.1) is 72.7 Å². The summed E-state index contributed by atoms with van der Waals surface area (Å²) < 4.78 is 36.7. The van der Waals surface area contributed by atoms with Crippen molar-refractivity contribution in [1.29, 1.82) is 0 Å². The highest BCUT2D eigenvalue weighted by Crippen LogP contribution is 1.91.